The molecule has 0 radical (unpaired) electrons. The first-order chi connectivity index (χ1) is 23.8. The Kier molecular flexibility index (Phi) is 5.91. The van der Waals surface area contributed by atoms with Crippen LogP contribution < -0.4 is 4.90 Å². The van der Waals surface area contributed by atoms with Gasteiger partial charge in [-0.05, 0) is 81.7 Å². The molecule has 9 aromatic rings. The molecule has 0 saturated heterocycles. The number of anilines is 3. The fraction of sp³-hybridized carbons (Fsp3) is 0. The van der Waals surface area contributed by atoms with Gasteiger partial charge in [-0.1, -0.05) is 133 Å². The molecule has 10 rings (SSSR count). The van der Waals surface area contributed by atoms with Gasteiger partial charge < -0.3 is 9.47 Å². The summed E-state index contributed by atoms with van der Waals surface area (Å²) in [6.45, 7) is 0. The van der Waals surface area contributed by atoms with Crippen LogP contribution in [-0.2, 0) is 0 Å². The Morgan fingerprint density at radius 3 is 1.69 bits per heavy atom. The molecule has 0 atom stereocenters. The smallest absolute Gasteiger partial charge is 0.0640 e. The number of para-hydroxylation sites is 2. The van der Waals surface area contributed by atoms with E-state index in [9.17, 15) is 0 Å². The largest absolute Gasteiger partial charge is 0.309 e. The fourth-order valence-electron chi connectivity index (χ4n) is 7.80. The van der Waals surface area contributed by atoms with Gasteiger partial charge in [0.15, 0.2) is 0 Å². The van der Waals surface area contributed by atoms with Gasteiger partial charge in [0.05, 0.1) is 22.4 Å². The van der Waals surface area contributed by atoms with E-state index in [1.165, 1.54) is 77.3 Å². The topological polar surface area (TPSA) is 8.17 Å². The van der Waals surface area contributed by atoms with Crippen molar-refractivity contribution >= 4 is 49.6 Å². The monoisotopic (exact) mass is 610 g/mol. The quantitative estimate of drug-likeness (QED) is 0.192. The van der Waals surface area contributed by atoms with E-state index < -0.39 is 0 Å². The van der Waals surface area contributed by atoms with Crippen LogP contribution in [0.2, 0.25) is 0 Å². The normalized spacial score (nSPS) is 12.1. The summed E-state index contributed by atoms with van der Waals surface area (Å²) in [7, 11) is 0. The zero-order valence-corrected chi connectivity index (χ0v) is 26.2. The summed E-state index contributed by atoms with van der Waals surface area (Å²) in [6.07, 6.45) is 0. The van der Waals surface area contributed by atoms with Gasteiger partial charge in [0.25, 0.3) is 0 Å². The molecule has 1 aliphatic heterocycles. The molecule has 0 amide bonds. The van der Waals surface area contributed by atoms with Crippen molar-refractivity contribution in [3.05, 3.63) is 182 Å². The fourth-order valence-corrected chi connectivity index (χ4v) is 7.80. The minimum atomic E-state index is 1.14. The van der Waals surface area contributed by atoms with Crippen LogP contribution in [0.25, 0.3) is 71.6 Å². The molecular formula is C46H30N2. The highest BCUT2D eigenvalue weighted by atomic mass is 15.2. The summed E-state index contributed by atoms with van der Waals surface area (Å²) in [5.41, 5.74) is 14.4. The second kappa shape index (κ2) is 10.6. The van der Waals surface area contributed by atoms with E-state index in [-0.39, 0.29) is 0 Å². The summed E-state index contributed by atoms with van der Waals surface area (Å²) < 4.78 is 2.47. The second-order valence-corrected chi connectivity index (χ2v) is 12.6. The van der Waals surface area contributed by atoms with E-state index >= 15 is 0 Å². The second-order valence-electron chi connectivity index (χ2n) is 12.6. The molecule has 8 aromatic carbocycles. The van der Waals surface area contributed by atoms with Crippen LogP contribution in [0.15, 0.2) is 182 Å². The van der Waals surface area contributed by atoms with E-state index in [0.717, 1.165) is 11.4 Å². The molecule has 1 aromatic heterocycles. The van der Waals surface area contributed by atoms with E-state index in [1.807, 2.05) is 0 Å². The van der Waals surface area contributed by atoms with Crippen molar-refractivity contribution in [3.8, 4) is 39.1 Å². The maximum atomic E-state index is 2.49. The lowest BCUT2D eigenvalue weighted by Crippen LogP contribution is -2.15. The first-order valence-corrected chi connectivity index (χ1v) is 16.5. The summed E-state index contributed by atoms with van der Waals surface area (Å²) in [4.78, 5) is 2.49. The van der Waals surface area contributed by atoms with Crippen molar-refractivity contribution < 1.29 is 0 Å². The third-order valence-corrected chi connectivity index (χ3v) is 9.85. The number of nitrogens with zero attached hydrogens (tertiary/aromatic N) is 2. The van der Waals surface area contributed by atoms with E-state index in [1.54, 1.807) is 0 Å². The van der Waals surface area contributed by atoms with Crippen molar-refractivity contribution in [2.45, 2.75) is 0 Å². The number of hydrogen-bond donors (Lipinski definition) is 0. The highest BCUT2D eigenvalue weighted by Crippen LogP contribution is 2.55. The van der Waals surface area contributed by atoms with E-state index in [0.29, 0.717) is 0 Å². The van der Waals surface area contributed by atoms with Crippen LogP contribution in [0, 0.1) is 0 Å². The van der Waals surface area contributed by atoms with Crippen molar-refractivity contribution in [3.63, 3.8) is 0 Å². The van der Waals surface area contributed by atoms with Gasteiger partial charge >= 0.3 is 0 Å². The Morgan fingerprint density at radius 1 is 0.354 bits per heavy atom. The van der Waals surface area contributed by atoms with E-state index in [4.69, 9.17) is 0 Å². The molecule has 1 aliphatic rings. The lowest BCUT2D eigenvalue weighted by Gasteiger charge is -2.34. The van der Waals surface area contributed by atoms with E-state index in [2.05, 4.69) is 191 Å². The standard InChI is InChI=1S/C46H30N2/c1-4-14-31(15-5-1)34-28-35(32-16-6-2-7-17-32)30-37(29-34)47-41-24-11-10-22-40(41)45-43(47)27-26-39-38-23-12-18-33-19-13-25-42(44(33)38)48(46(39)45)36-20-8-3-9-21-36/h1-30H. The molecule has 2 heteroatoms. The molecule has 0 aliphatic carbocycles. The molecule has 2 heterocycles. The predicted molar refractivity (Wildman–Crippen MR) is 203 cm³/mol. The average molecular weight is 611 g/mol. The highest BCUT2D eigenvalue weighted by Gasteiger charge is 2.30. The first kappa shape index (κ1) is 26.8. The molecule has 0 bridgehead atoms. The summed E-state index contributed by atoms with van der Waals surface area (Å²) in [5.74, 6) is 0. The molecule has 0 fully saturated rings. The molecule has 0 unspecified atom stereocenters. The minimum Gasteiger partial charge on any atom is -0.309 e. The number of aromatic nitrogens is 1. The predicted octanol–water partition coefficient (Wildman–Crippen LogP) is 12.7. The van der Waals surface area contributed by atoms with Gasteiger partial charge in [-0.3, -0.25) is 0 Å². The number of hydrogen-bond acceptors (Lipinski definition) is 1. The van der Waals surface area contributed by atoms with Crippen molar-refractivity contribution in [1.29, 1.82) is 0 Å². The zero-order valence-electron chi connectivity index (χ0n) is 26.2. The lowest BCUT2D eigenvalue weighted by atomic mass is 9.89. The molecule has 48 heavy (non-hydrogen) atoms. The first-order valence-electron chi connectivity index (χ1n) is 16.5. The minimum absolute atomic E-state index is 1.14. The van der Waals surface area contributed by atoms with Gasteiger partial charge in [0.1, 0.15) is 0 Å². The molecule has 2 nitrogen and oxygen atoms in total. The van der Waals surface area contributed by atoms with Crippen LogP contribution in [0.5, 0.6) is 0 Å². The number of fused-ring (bicyclic) bond motifs is 6. The summed E-state index contributed by atoms with van der Waals surface area (Å²) >= 11 is 0. The van der Waals surface area contributed by atoms with Crippen molar-refractivity contribution in [2.24, 2.45) is 0 Å². The van der Waals surface area contributed by atoms with Crippen LogP contribution in [-0.4, -0.2) is 4.57 Å². The van der Waals surface area contributed by atoms with Gasteiger partial charge in [-0.15, -0.1) is 0 Å². The SMILES string of the molecule is c1ccc(-c2cc(-c3ccccc3)cc(-n3c4ccccc4c4c5c(ccc43)-c3cccc4cccc(c34)N5c3ccccc3)c2)cc1. The van der Waals surface area contributed by atoms with Crippen LogP contribution in [0.4, 0.5) is 17.1 Å². The van der Waals surface area contributed by atoms with Crippen molar-refractivity contribution in [1.82, 2.24) is 4.57 Å². The van der Waals surface area contributed by atoms with Gasteiger partial charge in [-0.25, -0.2) is 0 Å². The van der Waals surface area contributed by atoms with Gasteiger partial charge in [-0.2, -0.15) is 0 Å². The highest BCUT2D eigenvalue weighted by molar-refractivity contribution is 6.24. The average Bonchev–Trinajstić information content (AvgIpc) is 3.51. The Morgan fingerprint density at radius 2 is 0.979 bits per heavy atom. The number of rotatable bonds is 4. The molecular weight excluding hydrogens is 581 g/mol. The van der Waals surface area contributed by atoms with Crippen LogP contribution in [0.1, 0.15) is 0 Å². The Labute approximate surface area is 279 Å². The molecule has 0 N–H and O–H groups in total. The van der Waals surface area contributed by atoms with Crippen LogP contribution >= 0.6 is 0 Å². The van der Waals surface area contributed by atoms with Gasteiger partial charge in [0.2, 0.25) is 0 Å². The third kappa shape index (κ3) is 4.00. The Bertz CT molecular complexity index is 2590. The van der Waals surface area contributed by atoms with Crippen LogP contribution in [0.3, 0.4) is 0 Å². The molecule has 224 valence electrons. The maximum Gasteiger partial charge on any atom is 0.0640 e. The lowest BCUT2D eigenvalue weighted by molar-refractivity contribution is 1.18. The maximum absolute atomic E-state index is 2.49. The number of benzene rings is 8. The zero-order chi connectivity index (χ0) is 31.6. The summed E-state index contributed by atoms with van der Waals surface area (Å²) in [5, 5.41) is 5.04. The molecule has 0 saturated carbocycles. The van der Waals surface area contributed by atoms with Gasteiger partial charge in [0, 0.05) is 33.1 Å². The third-order valence-electron chi connectivity index (χ3n) is 9.85. The Hall–Kier alpha value is -6.38. The summed E-state index contributed by atoms with van der Waals surface area (Å²) in [6, 6.07) is 66.2. The molecule has 0 spiro atoms. The van der Waals surface area contributed by atoms with Crippen molar-refractivity contribution in [2.75, 3.05) is 4.90 Å². The Balaban J connectivity index is 1.33.